The van der Waals surface area contributed by atoms with Gasteiger partial charge in [0, 0.05) is 14.9 Å². The molecule has 2 aromatic rings. The van der Waals surface area contributed by atoms with Crippen LogP contribution in [0.15, 0.2) is 37.2 Å². The van der Waals surface area contributed by atoms with Gasteiger partial charge in [-0.1, -0.05) is 15.9 Å². The van der Waals surface area contributed by atoms with Gasteiger partial charge >= 0.3 is 0 Å². The molecule has 1 aromatic carbocycles. The molecule has 0 aliphatic carbocycles. The minimum Gasteiger partial charge on any atom is -0.436 e. The van der Waals surface area contributed by atoms with Crippen molar-refractivity contribution >= 4 is 34.0 Å². The molecule has 0 unspecified atom stereocenters. The zero-order valence-corrected chi connectivity index (χ0v) is 11.8. The number of benzene rings is 1. The maximum absolute atomic E-state index is 10.7. The van der Waals surface area contributed by atoms with Gasteiger partial charge in [-0.3, -0.25) is 4.79 Å². The summed E-state index contributed by atoms with van der Waals surface area (Å²) in [5, 5.41) is 0.616. The molecule has 1 aromatic heterocycles. The Bertz CT molecular complexity index is 546. The highest BCUT2D eigenvalue weighted by Crippen LogP contribution is 2.31. The van der Waals surface area contributed by atoms with E-state index in [1.165, 1.54) is 11.8 Å². The Labute approximate surface area is 112 Å². The smallest absolute Gasteiger partial charge is 0.260 e. The predicted molar refractivity (Wildman–Crippen MR) is 69.6 cm³/mol. The normalized spacial score (nSPS) is 10.5. The summed E-state index contributed by atoms with van der Waals surface area (Å²) >= 11 is 4.78. The summed E-state index contributed by atoms with van der Waals surface area (Å²) in [6.07, 6.45) is 0.817. The molecule has 0 N–H and O–H groups in total. The van der Waals surface area contributed by atoms with Crippen LogP contribution in [0.2, 0.25) is 0 Å². The van der Waals surface area contributed by atoms with Gasteiger partial charge in [-0.05, 0) is 43.8 Å². The average molecular weight is 312 g/mol. The topological polar surface area (TPSA) is 43.1 Å². The van der Waals surface area contributed by atoms with Crippen molar-refractivity contribution in [2.24, 2.45) is 0 Å². The van der Waals surface area contributed by atoms with E-state index in [9.17, 15) is 4.79 Å². The van der Waals surface area contributed by atoms with Crippen LogP contribution in [0.5, 0.6) is 0 Å². The molecular formula is C12H10BrNO2S. The first kappa shape index (κ1) is 12.4. The van der Waals surface area contributed by atoms with E-state index in [4.69, 9.17) is 4.42 Å². The van der Waals surface area contributed by atoms with Crippen molar-refractivity contribution in [3.05, 3.63) is 39.7 Å². The van der Waals surface area contributed by atoms with E-state index in [0.29, 0.717) is 10.8 Å². The molecule has 3 nitrogen and oxygen atoms in total. The molecule has 0 aliphatic rings. The molecule has 0 spiro atoms. The third kappa shape index (κ3) is 2.79. The van der Waals surface area contributed by atoms with Gasteiger partial charge in [0.05, 0.1) is 5.69 Å². The first-order chi connectivity index (χ1) is 8.10. The van der Waals surface area contributed by atoms with E-state index in [0.717, 1.165) is 27.1 Å². The van der Waals surface area contributed by atoms with Crippen LogP contribution in [0.1, 0.15) is 21.8 Å². The van der Waals surface area contributed by atoms with Gasteiger partial charge in [0.25, 0.3) is 5.22 Å². The van der Waals surface area contributed by atoms with E-state index in [1.807, 2.05) is 26.0 Å². The number of carbonyl (C=O) groups is 1. The standard InChI is InChI=1S/C12H10BrNO2S/c1-7-8(2)16-12(14-7)17-10-4-3-9(6-15)11(13)5-10/h3-6H,1-2H3. The van der Waals surface area contributed by atoms with Crippen molar-refractivity contribution in [2.75, 3.05) is 0 Å². The second-order valence-corrected chi connectivity index (χ2v) is 5.40. The third-order valence-corrected chi connectivity index (χ3v) is 3.84. The van der Waals surface area contributed by atoms with Crippen LogP contribution in [-0.4, -0.2) is 11.3 Å². The third-order valence-electron chi connectivity index (χ3n) is 2.31. The number of hydrogen-bond donors (Lipinski definition) is 0. The van der Waals surface area contributed by atoms with Crippen molar-refractivity contribution in [3.63, 3.8) is 0 Å². The van der Waals surface area contributed by atoms with Crippen molar-refractivity contribution in [2.45, 2.75) is 24.0 Å². The lowest BCUT2D eigenvalue weighted by atomic mass is 10.2. The van der Waals surface area contributed by atoms with Gasteiger partial charge in [0.15, 0.2) is 6.29 Å². The number of aldehydes is 1. The molecule has 0 saturated heterocycles. The van der Waals surface area contributed by atoms with Crippen molar-refractivity contribution < 1.29 is 9.21 Å². The minimum atomic E-state index is 0.616. The van der Waals surface area contributed by atoms with Crippen molar-refractivity contribution in [1.82, 2.24) is 4.98 Å². The Balaban J connectivity index is 2.24. The molecule has 2 rings (SSSR count). The number of rotatable bonds is 3. The molecule has 1 heterocycles. The summed E-state index contributed by atoms with van der Waals surface area (Å²) in [5.41, 5.74) is 1.53. The molecule has 0 amide bonds. The van der Waals surface area contributed by atoms with Gasteiger partial charge in [-0.2, -0.15) is 0 Å². The molecule has 88 valence electrons. The highest BCUT2D eigenvalue weighted by molar-refractivity contribution is 9.10. The van der Waals surface area contributed by atoms with Crippen molar-refractivity contribution in [3.8, 4) is 0 Å². The second kappa shape index (κ2) is 5.06. The molecule has 0 fully saturated rings. The number of aromatic nitrogens is 1. The Kier molecular flexibility index (Phi) is 3.69. The lowest BCUT2D eigenvalue weighted by Gasteiger charge is -2.00. The highest BCUT2D eigenvalue weighted by atomic mass is 79.9. The number of oxazole rings is 1. The van der Waals surface area contributed by atoms with Crippen LogP contribution in [0.25, 0.3) is 0 Å². The fraction of sp³-hybridized carbons (Fsp3) is 0.167. The maximum atomic E-state index is 10.7. The summed E-state index contributed by atoms with van der Waals surface area (Å²) in [4.78, 5) is 15.9. The van der Waals surface area contributed by atoms with Gasteiger partial charge < -0.3 is 4.42 Å². The molecular weight excluding hydrogens is 302 g/mol. The lowest BCUT2D eigenvalue weighted by Crippen LogP contribution is -1.82. The molecule has 0 saturated carbocycles. The van der Waals surface area contributed by atoms with Crippen molar-refractivity contribution in [1.29, 1.82) is 0 Å². The number of carbonyl (C=O) groups excluding carboxylic acids is 1. The molecule has 0 atom stereocenters. The van der Waals surface area contributed by atoms with Crippen LogP contribution < -0.4 is 0 Å². The van der Waals surface area contributed by atoms with E-state index in [2.05, 4.69) is 20.9 Å². The Morgan fingerprint density at radius 3 is 2.71 bits per heavy atom. The summed E-state index contributed by atoms with van der Waals surface area (Å²) in [6, 6.07) is 5.51. The van der Waals surface area contributed by atoms with Gasteiger partial charge in [0.1, 0.15) is 5.76 Å². The minimum absolute atomic E-state index is 0.616. The predicted octanol–water partition coefficient (Wildman–Crippen LogP) is 4.02. The van der Waals surface area contributed by atoms with Crippen LogP contribution in [0.3, 0.4) is 0 Å². The van der Waals surface area contributed by atoms with Crippen LogP contribution in [-0.2, 0) is 0 Å². The number of aryl methyl sites for hydroxylation is 2. The van der Waals surface area contributed by atoms with Gasteiger partial charge in [-0.25, -0.2) is 4.98 Å². The van der Waals surface area contributed by atoms with E-state index < -0.39 is 0 Å². The quantitative estimate of drug-likeness (QED) is 0.803. The van der Waals surface area contributed by atoms with Crippen LogP contribution in [0.4, 0.5) is 0 Å². The Morgan fingerprint density at radius 1 is 1.41 bits per heavy atom. The molecule has 0 radical (unpaired) electrons. The van der Waals surface area contributed by atoms with E-state index in [-0.39, 0.29) is 0 Å². The lowest BCUT2D eigenvalue weighted by molar-refractivity contribution is 0.112. The number of nitrogens with zero attached hydrogens (tertiary/aromatic N) is 1. The van der Waals surface area contributed by atoms with Gasteiger partial charge in [-0.15, -0.1) is 0 Å². The summed E-state index contributed by atoms with van der Waals surface area (Å²) < 4.78 is 6.26. The molecule has 0 bridgehead atoms. The Morgan fingerprint density at radius 2 is 2.18 bits per heavy atom. The zero-order chi connectivity index (χ0) is 12.4. The van der Waals surface area contributed by atoms with Gasteiger partial charge in [0.2, 0.25) is 0 Å². The molecule has 5 heteroatoms. The van der Waals surface area contributed by atoms with E-state index in [1.54, 1.807) is 6.07 Å². The Hall–Kier alpha value is -1.07. The molecule has 0 aliphatic heterocycles. The summed E-state index contributed by atoms with van der Waals surface area (Å²) in [5.74, 6) is 0.830. The number of halogens is 1. The average Bonchev–Trinajstić information content (AvgIpc) is 2.58. The first-order valence-corrected chi connectivity index (χ1v) is 6.57. The monoisotopic (exact) mass is 311 g/mol. The van der Waals surface area contributed by atoms with E-state index >= 15 is 0 Å². The zero-order valence-electron chi connectivity index (χ0n) is 9.36. The highest BCUT2D eigenvalue weighted by Gasteiger charge is 2.08. The van der Waals surface area contributed by atoms with Crippen LogP contribution in [0, 0.1) is 13.8 Å². The van der Waals surface area contributed by atoms with Crippen LogP contribution >= 0.6 is 27.7 Å². The summed E-state index contributed by atoms with van der Waals surface area (Å²) in [6.45, 7) is 3.80. The fourth-order valence-electron chi connectivity index (χ4n) is 1.25. The largest absolute Gasteiger partial charge is 0.436 e. The SMILES string of the molecule is Cc1nc(Sc2ccc(C=O)c(Br)c2)oc1C. The number of hydrogen-bond acceptors (Lipinski definition) is 4. The summed E-state index contributed by atoms with van der Waals surface area (Å²) in [7, 11) is 0. The first-order valence-electron chi connectivity index (χ1n) is 4.97. The second-order valence-electron chi connectivity index (χ2n) is 3.52. The fourth-order valence-corrected chi connectivity index (χ4v) is 2.74. The molecule has 17 heavy (non-hydrogen) atoms. The maximum Gasteiger partial charge on any atom is 0.260 e.